The van der Waals surface area contributed by atoms with Gasteiger partial charge in [0.15, 0.2) is 0 Å². The van der Waals surface area contributed by atoms with E-state index in [1.54, 1.807) is 0 Å². The summed E-state index contributed by atoms with van der Waals surface area (Å²) < 4.78 is 6.20. The molecule has 0 N–H and O–H groups in total. The van der Waals surface area contributed by atoms with Gasteiger partial charge in [-0.2, -0.15) is 0 Å². The number of para-hydroxylation sites is 1. The molecule has 0 unspecified atom stereocenters. The first kappa shape index (κ1) is 43.8. The maximum Gasteiger partial charge on any atom is 0.135 e. The smallest absolute Gasteiger partial charge is 0.135 e. The van der Waals surface area contributed by atoms with E-state index in [-0.39, 0.29) is 0 Å². The van der Waals surface area contributed by atoms with E-state index in [0.717, 1.165) is 61.3 Å². The number of furan rings is 1. The van der Waals surface area contributed by atoms with Crippen molar-refractivity contribution >= 4 is 39.0 Å². The van der Waals surface area contributed by atoms with Gasteiger partial charge in [0.05, 0.1) is 10.8 Å². The third kappa shape index (κ3) is 6.54. The number of benzene rings is 12. The third-order valence-corrected chi connectivity index (χ3v) is 16.4. The minimum Gasteiger partial charge on any atom is -0.456 e. The van der Waals surface area contributed by atoms with Gasteiger partial charge < -0.3 is 9.32 Å². The van der Waals surface area contributed by atoms with E-state index in [1.165, 1.54) is 66.8 Å². The van der Waals surface area contributed by atoms with Gasteiger partial charge >= 0.3 is 0 Å². The SMILES string of the molecule is c1ccc(C2(c3ccccc3)c3ccccc3-c3cc(N(c4ccc(-c5cccc(-c6ccc7oc8ccccc8c7c6)c5)cc4)c4ccc5c(c4)C(c4ccccc4)(c4ccccc4)c4ccccc4-5)ccc32)cc1. The lowest BCUT2D eigenvalue weighted by Gasteiger charge is -2.35. The first-order valence-corrected chi connectivity index (χ1v) is 26.3. The van der Waals surface area contributed by atoms with E-state index in [2.05, 4.69) is 290 Å². The number of nitrogens with zero attached hydrogens (tertiary/aromatic N) is 1. The third-order valence-electron chi connectivity index (χ3n) is 16.4. The summed E-state index contributed by atoms with van der Waals surface area (Å²) in [6, 6.07) is 110. The van der Waals surface area contributed by atoms with Crippen LogP contribution in [0.1, 0.15) is 44.5 Å². The number of hydrogen-bond donors (Lipinski definition) is 0. The zero-order chi connectivity index (χ0) is 50.2. The zero-order valence-corrected chi connectivity index (χ0v) is 41.6. The number of hydrogen-bond acceptors (Lipinski definition) is 2. The first-order chi connectivity index (χ1) is 37.7. The van der Waals surface area contributed by atoms with Gasteiger partial charge in [0, 0.05) is 27.8 Å². The Morgan fingerprint density at radius 2 is 0.671 bits per heavy atom. The minimum atomic E-state index is -0.553. The fourth-order valence-corrected chi connectivity index (χ4v) is 13.2. The molecule has 0 amide bonds. The molecule has 15 rings (SSSR count). The van der Waals surface area contributed by atoms with Crippen molar-refractivity contribution in [2.75, 3.05) is 4.90 Å². The van der Waals surface area contributed by atoms with Gasteiger partial charge in [0.1, 0.15) is 11.2 Å². The fourth-order valence-electron chi connectivity index (χ4n) is 13.2. The van der Waals surface area contributed by atoms with Crippen LogP contribution in [0.3, 0.4) is 0 Å². The number of rotatable bonds is 9. The van der Waals surface area contributed by atoms with E-state index in [1.807, 2.05) is 12.1 Å². The molecule has 0 saturated heterocycles. The minimum absolute atomic E-state index is 0.504. The topological polar surface area (TPSA) is 16.4 Å². The largest absolute Gasteiger partial charge is 0.456 e. The predicted octanol–water partition coefficient (Wildman–Crippen LogP) is 19.1. The van der Waals surface area contributed by atoms with Gasteiger partial charge in [-0.1, -0.05) is 237 Å². The van der Waals surface area contributed by atoms with Gasteiger partial charge in [-0.3, -0.25) is 0 Å². The van der Waals surface area contributed by atoms with E-state index < -0.39 is 10.8 Å². The van der Waals surface area contributed by atoms with Gasteiger partial charge in [0.2, 0.25) is 0 Å². The van der Waals surface area contributed by atoms with Crippen LogP contribution in [0, 0.1) is 0 Å². The lowest BCUT2D eigenvalue weighted by molar-refractivity contribution is 0.669. The molecule has 12 aromatic carbocycles. The van der Waals surface area contributed by atoms with Crippen molar-refractivity contribution in [1.29, 1.82) is 0 Å². The van der Waals surface area contributed by atoms with Crippen LogP contribution in [0.2, 0.25) is 0 Å². The van der Waals surface area contributed by atoms with Crippen LogP contribution in [-0.4, -0.2) is 0 Å². The molecule has 76 heavy (non-hydrogen) atoms. The molecule has 356 valence electrons. The normalized spacial score (nSPS) is 13.5. The van der Waals surface area contributed by atoms with Crippen molar-refractivity contribution < 1.29 is 4.42 Å². The molecule has 0 radical (unpaired) electrons. The Kier molecular flexibility index (Phi) is 10.0. The molecule has 13 aromatic rings. The standard InChI is InChI=1S/C74H49NO/c1-5-22-54(23-6-1)73(55-24-7-2-8-25-55)68-34-17-14-31-62(68)65-48-59(42-44-69(65)73)75(58-39-36-50(37-40-58)51-20-19-21-52(46-51)53-38-45-72-66(47-53)64-32-15-18-35-71(64)76-72)60-41-43-63-61-30-13-16-33-67(61)74(70(63)49-60,56-26-9-3-10-27-56)57-28-11-4-12-29-57/h1-49H. The molecular weight excluding hydrogens is 919 g/mol. The van der Waals surface area contributed by atoms with E-state index in [0.29, 0.717) is 0 Å². The summed E-state index contributed by atoms with van der Waals surface area (Å²) in [5.74, 6) is 0. The molecule has 2 heteroatoms. The van der Waals surface area contributed by atoms with Crippen molar-refractivity contribution in [2.45, 2.75) is 10.8 Å². The second kappa shape index (κ2) is 17.4. The van der Waals surface area contributed by atoms with E-state index in [4.69, 9.17) is 4.42 Å². The molecule has 0 spiro atoms. The molecule has 0 aliphatic heterocycles. The highest BCUT2D eigenvalue weighted by atomic mass is 16.3. The highest BCUT2D eigenvalue weighted by molar-refractivity contribution is 6.06. The molecule has 0 fully saturated rings. The molecule has 1 heterocycles. The van der Waals surface area contributed by atoms with Crippen LogP contribution in [0.5, 0.6) is 0 Å². The second-order valence-electron chi connectivity index (χ2n) is 20.3. The Balaban J connectivity index is 0.920. The summed E-state index contributed by atoms with van der Waals surface area (Å²) in [7, 11) is 0. The van der Waals surface area contributed by atoms with E-state index in [9.17, 15) is 0 Å². The highest BCUT2D eigenvalue weighted by Gasteiger charge is 2.48. The molecule has 0 saturated carbocycles. The van der Waals surface area contributed by atoms with Gasteiger partial charge in [-0.15, -0.1) is 0 Å². The summed E-state index contributed by atoms with van der Waals surface area (Å²) in [5.41, 5.74) is 23.7. The quantitative estimate of drug-likeness (QED) is 0.143. The Labute approximate surface area is 443 Å². The van der Waals surface area contributed by atoms with Crippen molar-refractivity contribution in [1.82, 2.24) is 0 Å². The Bertz CT molecular complexity index is 4250. The van der Waals surface area contributed by atoms with Gasteiger partial charge in [-0.05, 0) is 150 Å². The van der Waals surface area contributed by atoms with Crippen LogP contribution < -0.4 is 4.90 Å². The van der Waals surface area contributed by atoms with Crippen molar-refractivity contribution in [3.05, 3.63) is 342 Å². The van der Waals surface area contributed by atoms with Gasteiger partial charge in [0.25, 0.3) is 0 Å². The molecule has 0 atom stereocenters. The van der Waals surface area contributed by atoms with Gasteiger partial charge in [-0.25, -0.2) is 0 Å². The highest BCUT2D eigenvalue weighted by Crippen LogP contribution is 2.59. The number of anilines is 3. The molecule has 2 aliphatic rings. The van der Waals surface area contributed by atoms with E-state index >= 15 is 0 Å². The van der Waals surface area contributed by atoms with Crippen LogP contribution in [0.25, 0.3) is 66.4 Å². The molecule has 1 aromatic heterocycles. The summed E-state index contributed by atoms with van der Waals surface area (Å²) in [4.78, 5) is 2.47. The number of fused-ring (bicyclic) bond motifs is 9. The Morgan fingerprint density at radius 1 is 0.237 bits per heavy atom. The Hall–Kier alpha value is -9.76. The molecule has 2 nitrogen and oxygen atoms in total. The summed E-state index contributed by atoms with van der Waals surface area (Å²) in [6.45, 7) is 0. The van der Waals surface area contributed by atoms with Crippen LogP contribution in [0.15, 0.2) is 302 Å². The summed E-state index contributed by atoms with van der Waals surface area (Å²) >= 11 is 0. The molecule has 2 aliphatic carbocycles. The monoisotopic (exact) mass is 967 g/mol. The van der Waals surface area contributed by atoms with Crippen molar-refractivity contribution in [3.63, 3.8) is 0 Å². The predicted molar refractivity (Wildman–Crippen MR) is 314 cm³/mol. The lowest BCUT2D eigenvalue weighted by Crippen LogP contribution is -2.28. The first-order valence-electron chi connectivity index (χ1n) is 26.3. The maximum absolute atomic E-state index is 6.20. The summed E-state index contributed by atoms with van der Waals surface area (Å²) in [6.07, 6.45) is 0. The maximum atomic E-state index is 6.20. The average molecular weight is 968 g/mol. The van der Waals surface area contributed by atoms with Crippen molar-refractivity contribution in [3.8, 4) is 44.5 Å². The van der Waals surface area contributed by atoms with Crippen molar-refractivity contribution in [2.24, 2.45) is 0 Å². The van der Waals surface area contributed by atoms with Crippen LogP contribution >= 0.6 is 0 Å². The summed E-state index contributed by atoms with van der Waals surface area (Å²) in [5, 5.41) is 2.26. The molecule has 0 bridgehead atoms. The lowest BCUT2D eigenvalue weighted by atomic mass is 9.67. The van der Waals surface area contributed by atoms with Crippen LogP contribution in [-0.2, 0) is 10.8 Å². The zero-order valence-electron chi connectivity index (χ0n) is 41.6. The average Bonchev–Trinajstić information content (AvgIpc) is 4.34. The fraction of sp³-hybridized carbons (Fsp3) is 0.0270. The Morgan fingerprint density at radius 3 is 1.30 bits per heavy atom. The molecular formula is C74H49NO. The second-order valence-corrected chi connectivity index (χ2v) is 20.3. The van der Waals surface area contributed by atoms with Crippen LogP contribution in [0.4, 0.5) is 17.1 Å².